The molecule has 6 heteroatoms. The minimum atomic E-state index is -0.588. The Hall–Kier alpha value is -3.80. The third-order valence-electron chi connectivity index (χ3n) is 5.17. The van der Waals surface area contributed by atoms with E-state index in [-0.39, 0.29) is 11.2 Å². The molecule has 150 valence electrons. The zero-order valence-electron chi connectivity index (χ0n) is 16.9. The number of aromatic nitrogens is 2. The van der Waals surface area contributed by atoms with Gasteiger partial charge in [0.1, 0.15) is 11.6 Å². The van der Waals surface area contributed by atoms with Crippen LogP contribution in [-0.2, 0) is 0 Å². The van der Waals surface area contributed by atoms with Crippen LogP contribution in [0.3, 0.4) is 0 Å². The lowest BCUT2D eigenvalue weighted by atomic mass is 10.1. The standard InChI is InChI=1S/C24H20FN3O2/c1-14-8-9-17(12-15(14)2)23(29)27-22-13-18(10-11-20(22)25)28-16(3)26-21-7-5-4-6-19(21)24(28)30/h4-13H,1-3H3,(H,27,29). The zero-order valence-corrected chi connectivity index (χ0v) is 16.9. The summed E-state index contributed by atoms with van der Waals surface area (Å²) in [5, 5.41) is 3.08. The molecule has 0 saturated heterocycles. The fourth-order valence-electron chi connectivity index (χ4n) is 3.37. The molecule has 1 aromatic heterocycles. The van der Waals surface area contributed by atoms with Gasteiger partial charge in [-0.15, -0.1) is 0 Å². The Balaban J connectivity index is 1.76. The molecule has 1 heterocycles. The largest absolute Gasteiger partial charge is 0.319 e. The van der Waals surface area contributed by atoms with Crippen molar-refractivity contribution < 1.29 is 9.18 Å². The van der Waals surface area contributed by atoms with Gasteiger partial charge in [0.25, 0.3) is 11.5 Å². The van der Waals surface area contributed by atoms with Crippen LogP contribution in [0.1, 0.15) is 27.3 Å². The first-order valence-electron chi connectivity index (χ1n) is 9.52. The summed E-state index contributed by atoms with van der Waals surface area (Å²) in [6.45, 7) is 5.58. The van der Waals surface area contributed by atoms with Crippen molar-refractivity contribution in [3.8, 4) is 5.69 Å². The third kappa shape index (κ3) is 3.48. The molecule has 0 bridgehead atoms. The molecule has 4 rings (SSSR count). The molecule has 0 radical (unpaired) electrons. The second-order valence-electron chi connectivity index (χ2n) is 7.23. The molecule has 0 spiro atoms. The van der Waals surface area contributed by atoms with Crippen LogP contribution in [0, 0.1) is 26.6 Å². The van der Waals surface area contributed by atoms with Crippen LogP contribution >= 0.6 is 0 Å². The van der Waals surface area contributed by atoms with E-state index in [2.05, 4.69) is 10.3 Å². The smallest absolute Gasteiger partial charge is 0.265 e. The summed E-state index contributed by atoms with van der Waals surface area (Å²) in [7, 11) is 0. The van der Waals surface area contributed by atoms with Crippen LogP contribution < -0.4 is 10.9 Å². The van der Waals surface area contributed by atoms with Gasteiger partial charge in [0.15, 0.2) is 0 Å². The maximum absolute atomic E-state index is 14.4. The normalized spacial score (nSPS) is 10.9. The number of hydrogen-bond acceptors (Lipinski definition) is 3. The van der Waals surface area contributed by atoms with Crippen molar-refractivity contribution in [1.29, 1.82) is 0 Å². The van der Waals surface area contributed by atoms with E-state index in [1.165, 1.54) is 22.8 Å². The molecule has 30 heavy (non-hydrogen) atoms. The lowest BCUT2D eigenvalue weighted by molar-refractivity contribution is 0.102. The molecule has 0 aliphatic rings. The van der Waals surface area contributed by atoms with Crippen molar-refractivity contribution in [3.05, 3.63) is 99.3 Å². The van der Waals surface area contributed by atoms with Crippen LogP contribution in [-0.4, -0.2) is 15.5 Å². The van der Waals surface area contributed by atoms with E-state index in [0.717, 1.165) is 11.1 Å². The van der Waals surface area contributed by atoms with Crippen LogP contribution in [0.15, 0.2) is 65.5 Å². The summed E-state index contributed by atoms with van der Waals surface area (Å²) < 4.78 is 15.9. The van der Waals surface area contributed by atoms with Crippen molar-refractivity contribution in [1.82, 2.24) is 9.55 Å². The minimum absolute atomic E-state index is 0.00446. The number of fused-ring (bicyclic) bond motifs is 1. The van der Waals surface area contributed by atoms with Gasteiger partial charge in [-0.05, 0) is 74.4 Å². The molecule has 0 atom stereocenters. The minimum Gasteiger partial charge on any atom is -0.319 e. The SMILES string of the molecule is Cc1ccc(C(=O)Nc2cc(-n3c(C)nc4ccccc4c3=O)ccc2F)cc1C. The van der Waals surface area contributed by atoms with Gasteiger partial charge in [-0.25, -0.2) is 9.37 Å². The number of anilines is 1. The monoisotopic (exact) mass is 401 g/mol. The molecule has 3 aromatic carbocycles. The van der Waals surface area contributed by atoms with Crippen molar-refractivity contribution in [2.24, 2.45) is 0 Å². The number of rotatable bonds is 3. The lowest BCUT2D eigenvalue weighted by Gasteiger charge is -2.13. The maximum Gasteiger partial charge on any atom is 0.265 e. The number of hydrogen-bond donors (Lipinski definition) is 1. The number of carbonyl (C=O) groups is 1. The summed E-state index contributed by atoms with van der Waals surface area (Å²) in [4.78, 5) is 30.1. The highest BCUT2D eigenvalue weighted by atomic mass is 19.1. The van der Waals surface area contributed by atoms with E-state index < -0.39 is 11.7 Å². The fourth-order valence-corrected chi connectivity index (χ4v) is 3.37. The van der Waals surface area contributed by atoms with Crippen LogP contribution in [0.4, 0.5) is 10.1 Å². The number of halogens is 1. The third-order valence-corrected chi connectivity index (χ3v) is 5.17. The number of benzene rings is 3. The van der Waals surface area contributed by atoms with Gasteiger partial charge in [-0.1, -0.05) is 18.2 Å². The summed E-state index contributed by atoms with van der Waals surface area (Å²) in [5.74, 6) is -0.540. The Bertz CT molecular complexity index is 1360. The number of amides is 1. The van der Waals surface area contributed by atoms with E-state index in [9.17, 15) is 14.0 Å². The number of nitrogens with one attached hydrogen (secondary N) is 1. The van der Waals surface area contributed by atoms with Crippen molar-refractivity contribution >= 4 is 22.5 Å². The zero-order chi connectivity index (χ0) is 21.4. The van der Waals surface area contributed by atoms with E-state index in [1.807, 2.05) is 26.0 Å². The average Bonchev–Trinajstić information content (AvgIpc) is 2.72. The van der Waals surface area contributed by atoms with Crippen LogP contribution in [0.2, 0.25) is 0 Å². The molecule has 0 fully saturated rings. The molecule has 1 amide bonds. The quantitative estimate of drug-likeness (QED) is 0.541. The number of carbonyl (C=O) groups excluding carboxylic acids is 1. The van der Waals surface area contributed by atoms with Gasteiger partial charge >= 0.3 is 0 Å². The second kappa shape index (κ2) is 7.55. The highest BCUT2D eigenvalue weighted by Crippen LogP contribution is 2.21. The predicted octanol–water partition coefficient (Wildman–Crippen LogP) is 4.70. The van der Waals surface area contributed by atoms with E-state index >= 15 is 0 Å². The van der Waals surface area contributed by atoms with E-state index in [0.29, 0.717) is 28.0 Å². The average molecular weight is 401 g/mol. The summed E-state index contributed by atoms with van der Waals surface area (Å²) in [6.07, 6.45) is 0. The van der Waals surface area contributed by atoms with E-state index in [1.54, 1.807) is 37.3 Å². The Morgan fingerprint density at radius 2 is 1.73 bits per heavy atom. The first-order valence-corrected chi connectivity index (χ1v) is 9.52. The Labute approximate surface area is 172 Å². The molecule has 0 unspecified atom stereocenters. The Kier molecular flexibility index (Phi) is 4.91. The summed E-state index contributed by atoms with van der Waals surface area (Å²) in [6, 6.07) is 16.5. The molecule has 1 N–H and O–H groups in total. The van der Waals surface area contributed by atoms with Gasteiger partial charge in [0.05, 0.1) is 22.3 Å². The molecular formula is C24H20FN3O2. The number of nitrogens with zero attached hydrogens (tertiary/aromatic N) is 2. The number of para-hydroxylation sites is 1. The Morgan fingerprint density at radius 1 is 0.967 bits per heavy atom. The van der Waals surface area contributed by atoms with Gasteiger partial charge < -0.3 is 5.32 Å². The highest BCUT2D eigenvalue weighted by molar-refractivity contribution is 6.04. The number of aryl methyl sites for hydroxylation is 3. The van der Waals surface area contributed by atoms with E-state index in [4.69, 9.17) is 0 Å². The van der Waals surface area contributed by atoms with Crippen molar-refractivity contribution in [2.75, 3.05) is 5.32 Å². The van der Waals surface area contributed by atoms with Crippen LogP contribution in [0.5, 0.6) is 0 Å². The Morgan fingerprint density at radius 3 is 2.50 bits per heavy atom. The molecular weight excluding hydrogens is 381 g/mol. The molecule has 5 nitrogen and oxygen atoms in total. The highest BCUT2D eigenvalue weighted by Gasteiger charge is 2.14. The molecule has 4 aromatic rings. The second-order valence-corrected chi connectivity index (χ2v) is 7.23. The first-order chi connectivity index (χ1) is 14.3. The fraction of sp³-hybridized carbons (Fsp3) is 0.125. The summed E-state index contributed by atoms with van der Waals surface area (Å²) >= 11 is 0. The molecule has 0 aliphatic heterocycles. The van der Waals surface area contributed by atoms with Crippen molar-refractivity contribution in [3.63, 3.8) is 0 Å². The van der Waals surface area contributed by atoms with Crippen LogP contribution in [0.25, 0.3) is 16.6 Å². The molecule has 0 aliphatic carbocycles. The maximum atomic E-state index is 14.4. The molecule has 0 saturated carbocycles. The van der Waals surface area contributed by atoms with Gasteiger partial charge in [0, 0.05) is 5.56 Å². The van der Waals surface area contributed by atoms with Crippen molar-refractivity contribution in [2.45, 2.75) is 20.8 Å². The lowest BCUT2D eigenvalue weighted by Crippen LogP contribution is -2.22. The topological polar surface area (TPSA) is 64.0 Å². The van der Waals surface area contributed by atoms with Gasteiger partial charge in [0.2, 0.25) is 0 Å². The van der Waals surface area contributed by atoms with Gasteiger partial charge in [-0.2, -0.15) is 0 Å². The summed E-state index contributed by atoms with van der Waals surface area (Å²) in [5.41, 5.74) is 3.24. The predicted molar refractivity (Wildman–Crippen MR) is 116 cm³/mol. The first kappa shape index (κ1) is 19.5. The van der Waals surface area contributed by atoms with Gasteiger partial charge in [-0.3, -0.25) is 14.2 Å².